The Morgan fingerprint density at radius 1 is 1.47 bits per heavy atom. The summed E-state index contributed by atoms with van der Waals surface area (Å²) >= 11 is 7.71. The molecule has 1 N–H and O–H groups in total. The van der Waals surface area contributed by atoms with Gasteiger partial charge in [-0.1, -0.05) is 12.8 Å². The molecule has 0 bridgehead atoms. The Hall–Kier alpha value is -0.350. The molecule has 2 atom stereocenters. The predicted octanol–water partition coefficient (Wildman–Crippen LogP) is 3.06. The number of rotatable bonds is 3. The van der Waals surface area contributed by atoms with Crippen LogP contribution in [-0.4, -0.2) is 21.3 Å². The number of alkyl halides is 1. The van der Waals surface area contributed by atoms with Crippen LogP contribution in [0.15, 0.2) is 0 Å². The van der Waals surface area contributed by atoms with Crippen molar-refractivity contribution >= 4 is 28.3 Å². The van der Waals surface area contributed by atoms with Crippen LogP contribution in [0.2, 0.25) is 0 Å². The highest BCUT2D eigenvalue weighted by molar-refractivity contribution is 7.09. The highest BCUT2D eigenvalue weighted by atomic mass is 35.5. The zero-order valence-electron chi connectivity index (χ0n) is 8.87. The fourth-order valence-corrected chi connectivity index (χ4v) is 2.93. The van der Waals surface area contributed by atoms with Gasteiger partial charge in [-0.05, 0) is 25.7 Å². The first-order valence-corrected chi connectivity index (χ1v) is 6.65. The topological polar surface area (TPSA) is 37.8 Å². The first-order chi connectivity index (χ1) is 7.25. The van der Waals surface area contributed by atoms with Crippen LogP contribution in [0.5, 0.6) is 0 Å². The number of aryl methyl sites for hydroxylation is 1. The number of hydrogen-bond acceptors (Lipinski definition) is 4. The first-order valence-electron chi connectivity index (χ1n) is 5.44. The molecule has 1 aromatic rings. The lowest BCUT2D eigenvalue weighted by Gasteiger charge is -2.26. The van der Waals surface area contributed by atoms with Crippen molar-refractivity contribution in [1.29, 1.82) is 0 Å². The van der Waals surface area contributed by atoms with Crippen molar-refractivity contribution in [3.63, 3.8) is 0 Å². The normalized spacial score (nSPS) is 26.5. The summed E-state index contributed by atoms with van der Waals surface area (Å²) < 4.78 is 4.13. The number of halogens is 1. The predicted molar refractivity (Wildman–Crippen MR) is 64.7 cm³/mol. The summed E-state index contributed by atoms with van der Waals surface area (Å²) in [5, 5.41) is 4.58. The van der Waals surface area contributed by atoms with Gasteiger partial charge in [-0.25, -0.2) is 4.98 Å². The van der Waals surface area contributed by atoms with Crippen LogP contribution in [0.25, 0.3) is 0 Å². The molecule has 3 nitrogen and oxygen atoms in total. The Balaban J connectivity index is 1.81. The van der Waals surface area contributed by atoms with Crippen LogP contribution in [0.3, 0.4) is 0 Å². The lowest BCUT2D eigenvalue weighted by atomic mass is 9.89. The molecule has 1 aliphatic carbocycles. The van der Waals surface area contributed by atoms with E-state index < -0.39 is 0 Å². The van der Waals surface area contributed by atoms with Crippen molar-refractivity contribution in [2.24, 2.45) is 5.92 Å². The van der Waals surface area contributed by atoms with E-state index in [4.69, 9.17) is 11.6 Å². The molecule has 2 rings (SSSR count). The molecule has 0 aromatic carbocycles. The van der Waals surface area contributed by atoms with Crippen molar-refractivity contribution < 1.29 is 0 Å². The minimum Gasteiger partial charge on any atom is -0.360 e. The fraction of sp³-hybridized carbons (Fsp3) is 0.800. The van der Waals surface area contributed by atoms with Gasteiger partial charge in [0.1, 0.15) is 5.82 Å². The summed E-state index contributed by atoms with van der Waals surface area (Å²) in [6.07, 6.45) is 4.98. The van der Waals surface area contributed by atoms with Crippen molar-refractivity contribution in [3.05, 3.63) is 5.82 Å². The quantitative estimate of drug-likeness (QED) is 0.832. The van der Waals surface area contributed by atoms with E-state index in [0.717, 1.165) is 23.9 Å². The zero-order chi connectivity index (χ0) is 10.7. The van der Waals surface area contributed by atoms with Crippen LogP contribution in [-0.2, 0) is 0 Å². The van der Waals surface area contributed by atoms with Gasteiger partial charge in [0.25, 0.3) is 0 Å². The number of nitrogens with zero attached hydrogens (tertiary/aromatic N) is 2. The second-order valence-corrected chi connectivity index (χ2v) is 5.40. The summed E-state index contributed by atoms with van der Waals surface area (Å²) in [6, 6.07) is 0. The summed E-state index contributed by atoms with van der Waals surface area (Å²) in [4.78, 5) is 4.27. The van der Waals surface area contributed by atoms with Crippen LogP contribution in [0, 0.1) is 12.8 Å². The first kappa shape index (κ1) is 11.1. The lowest BCUT2D eigenvalue weighted by Crippen LogP contribution is -2.26. The highest BCUT2D eigenvalue weighted by Gasteiger charge is 2.22. The summed E-state index contributed by atoms with van der Waals surface area (Å²) in [7, 11) is 0. The highest BCUT2D eigenvalue weighted by Crippen LogP contribution is 2.28. The average Bonchev–Trinajstić information content (AvgIpc) is 2.63. The van der Waals surface area contributed by atoms with Gasteiger partial charge < -0.3 is 5.32 Å². The third-order valence-corrected chi connectivity index (χ3v) is 4.20. The molecule has 15 heavy (non-hydrogen) atoms. The smallest absolute Gasteiger partial charge is 0.202 e. The van der Waals surface area contributed by atoms with Gasteiger partial charge >= 0.3 is 0 Å². The molecular formula is C10H16ClN3S. The van der Waals surface area contributed by atoms with Crippen molar-refractivity contribution in [2.75, 3.05) is 11.9 Å². The Morgan fingerprint density at radius 3 is 2.93 bits per heavy atom. The van der Waals surface area contributed by atoms with Crippen LogP contribution in [0.4, 0.5) is 5.13 Å². The standard InChI is InChI=1S/C10H16ClN3S/c1-7-13-10(15-14-7)12-6-8-4-2-3-5-9(8)11/h8-9H,2-6H2,1H3,(H,12,13,14). The van der Waals surface area contributed by atoms with Crippen LogP contribution < -0.4 is 5.32 Å². The molecule has 1 aromatic heterocycles. The number of hydrogen-bond donors (Lipinski definition) is 1. The second-order valence-electron chi connectivity index (χ2n) is 4.09. The molecule has 0 saturated heterocycles. The maximum Gasteiger partial charge on any atom is 0.202 e. The Morgan fingerprint density at radius 2 is 2.27 bits per heavy atom. The minimum absolute atomic E-state index is 0.334. The van der Waals surface area contributed by atoms with Crippen LogP contribution >= 0.6 is 23.1 Å². The van der Waals surface area contributed by atoms with Gasteiger partial charge in [-0.3, -0.25) is 0 Å². The third-order valence-electron chi connectivity index (χ3n) is 2.86. The maximum absolute atomic E-state index is 6.28. The third kappa shape index (κ3) is 3.05. The van der Waals surface area contributed by atoms with Crippen molar-refractivity contribution in [3.8, 4) is 0 Å². The molecule has 1 saturated carbocycles. The van der Waals surface area contributed by atoms with Crippen molar-refractivity contribution in [1.82, 2.24) is 9.36 Å². The number of anilines is 1. The number of nitrogens with one attached hydrogen (secondary N) is 1. The summed E-state index contributed by atoms with van der Waals surface area (Å²) in [6.45, 7) is 2.84. The van der Waals surface area contributed by atoms with Gasteiger partial charge in [0.15, 0.2) is 0 Å². The minimum atomic E-state index is 0.334. The molecule has 1 fully saturated rings. The van der Waals surface area contributed by atoms with Gasteiger partial charge in [-0.2, -0.15) is 4.37 Å². The maximum atomic E-state index is 6.28. The molecule has 2 unspecified atom stereocenters. The van der Waals surface area contributed by atoms with E-state index >= 15 is 0 Å². The van der Waals surface area contributed by atoms with E-state index in [2.05, 4.69) is 14.7 Å². The lowest BCUT2D eigenvalue weighted by molar-refractivity contribution is 0.380. The molecule has 0 aliphatic heterocycles. The Kier molecular flexibility index (Phi) is 3.81. The summed E-state index contributed by atoms with van der Waals surface area (Å²) in [5.74, 6) is 1.43. The average molecular weight is 246 g/mol. The molecular weight excluding hydrogens is 230 g/mol. The van der Waals surface area contributed by atoms with E-state index in [1.165, 1.54) is 30.8 Å². The fourth-order valence-electron chi connectivity index (χ4n) is 1.98. The molecule has 1 aliphatic rings. The molecule has 84 valence electrons. The molecule has 1 heterocycles. The van der Waals surface area contributed by atoms with Crippen molar-refractivity contribution in [2.45, 2.75) is 38.0 Å². The van der Waals surface area contributed by atoms with Gasteiger partial charge in [0.2, 0.25) is 5.13 Å². The van der Waals surface area contributed by atoms with E-state index in [-0.39, 0.29) is 0 Å². The Bertz CT molecular complexity index is 315. The Labute approximate surface area is 99.4 Å². The molecule has 0 spiro atoms. The monoisotopic (exact) mass is 245 g/mol. The van der Waals surface area contributed by atoms with Gasteiger partial charge in [0, 0.05) is 23.5 Å². The molecule has 0 radical (unpaired) electrons. The van der Waals surface area contributed by atoms with E-state index in [0.29, 0.717) is 11.3 Å². The zero-order valence-corrected chi connectivity index (χ0v) is 10.4. The SMILES string of the molecule is Cc1nsc(NCC2CCCCC2Cl)n1. The van der Waals surface area contributed by atoms with E-state index in [1.54, 1.807) is 0 Å². The van der Waals surface area contributed by atoms with E-state index in [1.807, 2.05) is 6.92 Å². The number of aromatic nitrogens is 2. The molecule has 5 heteroatoms. The second kappa shape index (κ2) is 5.12. The van der Waals surface area contributed by atoms with Gasteiger partial charge in [0.05, 0.1) is 0 Å². The summed E-state index contributed by atoms with van der Waals surface area (Å²) in [5.41, 5.74) is 0. The van der Waals surface area contributed by atoms with Gasteiger partial charge in [-0.15, -0.1) is 11.6 Å². The largest absolute Gasteiger partial charge is 0.360 e. The molecule has 0 amide bonds. The van der Waals surface area contributed by atoms with E-state index in [9.17, 15) is 0 Å². The van der Waals surface area contributed by atoms with Crippen LogP contribution in [0.1, 0.15) is 31.5 Å².